The molecule has 0 aliphatic carbocycles. The molecule has 0 aromatic heterocycles. The number of carbonyl (C=O) groups is 1. The Morgan fingerprint density at radius 3 is 2.56 bits per heavy atom. The van der Waals surface area contributed by atoms with Crippen molar-refractivity contribution in [3.05, 3.63) is 59.7 Å². The van der Waals surface area contributed by atoms with E-state index >= 15 is 0 Å². The summed E-state index contributed by atoms with van der Waals surface area (Å²) in [5, 5.41) is 3.30. The van der Waals surface area contributed by atoms with Crippen LogP contribution in [0.1, 0.15) is 49.7 Å². The Bertz CT molecular complexity index is 788. The van der Waals surface area contributed by atoms with Gasteiger partial charge in [-0.15, -0.1) is 0 Å². The summed E-state index contributed by atoms with van der Waals surface area (Å²) in [6.45, 7) is 9.14. The third kappa shape index (κ3) is 4.08. The van der Waals surface area contributed by atoms with Gasteiger partial charge in [-0.25, -0.2) is 4.79 Å². The lowest BCUT2D eigenvalue weighted by molar-refractivity contribution is -0.137. The van der Waals surface area contributed by atoms with Gasteiger partial charge >= 0.3 is 5.97 Å². The van der Waals surface area contributed by atoms with Gasteiger partial charge in [-0.05, 0) is 58.0 Å². The predicted molar refractivity (Wildman–Crippen MR) is 105 cm³/mol. The molecule has 1 heterocycles. The molecule has 0 radical (unpaired) electrons. The summed E-state index contributed by atoms with van der Waals surface area (Å²) in [5.74, 6) is 0.375. The van der Waals surface area contributed by atoms with Gasteiger partial charge in [0.2, 0.25) is 0 Å². The third-order valence-corrected chi connectivity index (χ3v) is 4.62. The zero-order chi connectivity index (χ0) is 19.4. The van der Waals surface area contributed by atoms with Gasteiger partial charge in [0.25, 0.3) is 0 Å². The maximum absolute atomic E-state index is 12.7. The molecule has 0 amide bonds. The van der Waals surface area contributed by atoms with Crippen molar-refractivity contribution in [3.63, 3.8) is 0 Å². The lowest BCUT2D eigenvalue weighted by Gasteiger charge is -2.43. The van der Waals surface area contributed by atoms with E-state index in [-0.39, 0.29) is 5.97 Å². The minimum Gasteiger partial charge on any atom is -0.483 e. The molecule has 3 rings (SSSR count). The smallest absolute Gasteiger partial charge is 0.338 e. The molecular weight excluding hydrogens is 342 g/mol. The number of carbonyl (C=O) groups excluding carboxylic acids is 1. The molecule has 0 saturated heterocycles. The molecule has 1 N–H and O–H groups in total. The standard InChI is InChI=1S/C22H27NO4/c1-5-23-16-12-13-18-17(14-16)19(25-6-2)20(22(3,4)27-18)26-21(24)15-10-8-7-9-11-15/h7-14,19-20,23H,5-6H2,1-4H3. The Balaban J connectivity index is 1.96. The van der Waals surface area contributed by atoms with E-state index in [4.69, 9.17) is 14.2 Å². The lowest BCUT2D eigenvalue weighted by Crippen LogP contribution is -2.51. The zero-order valence-corrected chi connectivity index (χ0v) is 16.3. The van der Waals surface area contributed by atoms with Gasteiger partial charge in [-0.1, -0.05) is 18.2 Å². The largest absolute Gasteiger partial charge is 0.483 e. The highest BCUT2D eigenvalue weighted by Gasteiger charge is 2.47. The van der Waals surface area contributed by atoms with Crippen LogP contribution >= 0.6 is 0 Å². The van der Waals surface area contributed by atoms with Crippen LogP contribution in [0.4, 0.5) is 5.69 Å². The number of rotatable bonds is 6. The molecule has 5 nitrogen and oxygen atoms in total. The summed E-state index contributed by atoms with van der Waals surface area (Å²) in [4.78, 5) is 12.7. The van der Waals surface area contributed by atoms with Gasteiger partial charge in [0.15, 0.2) is 6.10 Å². The van der Waals surface area contributed by atoms with E-state index in [1.54, 1.807) is 12.1 Å². The Morgan fingerprint density at radius 1 is 1.15 bits per heavy atom. The maximum atomic E-state index is 12.7. The average Bonchev–Trinajstić information content (AvgIpc) is 2.65. The molecule has 2 unspecified atom stereocenters. The first-order chi connectivity index (χ1) is 13.0. The minimum absolute atomic E-state index is 0.381. The maximum Gasteiger partial charge on any atom is 0.338 e. The number of fused-ring (bicyclic) bond motifs is 1. The van der Waals surface area contributed by atoms with Crippen molar-refractivity contribution in [3.8, 4) is 5.75 Å². The first-order valence-corrected chi connectivity index (χ1v) is 9.40. The Morgan fingerprint density at radius 2 is 1.89 bits per heavy atom. The highest BCUT2D eigenvalue weighted by molar-refractivity contribution is 5.89. The van der Waals surface area contributed by atoms with Crippen LogP contribution in [0.15, 0.2) is 48.5 Å². The van der Waals surface area contributed by atoms with Gasteiger partial charge in [0.1, 0.15) is 17.5 Å². The summed E-state index contributed by atoms with van der Waals surface area (Å²) in [7, 11) is 0. The van der Waals surface area contributed by atoms with E-state index in [0.29, 0.717) is 12.2 Å². The second kappa shape index (κ2) is 8.01. The van der Waals surface area contributed by atoms with Crippen LogP contribution in [0.5, 0.6) is 5.75 Å². The van der Waals surface area contributed by atoms with Crippen molar-refractivity contribution in [1.82, 2.24) is 0 Å². The quantitative estimate of drug-likeness (QED) is 0.755. The average molecular weight is 369 g/mol. The van der Waals surface area contributed by atoms with Crippen molar-refractivity contribution in [2.24, 2.45) is 0 Å². The predicted octanol–water partition coefficient (Wildman–Crippen LogP) is 4.59. The van der Waals surface area contributed by atoms with Crippen molar-refractivity contribution in [2.75, 3.05) is 18.5 Å². The lowest BCUT2D eigenvalue weighted by atomic mass is 9.87. The number of anilines is 1. The topological polar surface area (TPSA) is 56.8 Å². The molecule has 2 atom stereocenters. The molecule has 2 aromatic carbocycles. The first kappa shape index (κ1) is 19.2. The molecule has 0 fully saturated rings. The molecule has 0 spiro atoms. The molecule has 144 valence electrons. The summed E-state index contributed by atoms with van der Waals surface area (Å²) in [6.07, 6.45) is -0.977. The van der Waals surface area contributed by atoms with Gasteiger partial charge in [0.05, 0.1) is 5.56 Å². The van der Waals surface area contributed by atoms with Crippen LogP contribution < -0.4 is 10.1 Å². The van der Waals surface area contributed by atoms with E-state index in [1.807, 2.05) is 64.1 Å². The summed E-state index contributed by atoms with van der Waals surface area (Å²) < 4.78 is 18.1. The Kier molecular flexibility index (Phi) is 5.71. The number of ether oxygens (including phenoxy) is 3. The van der Waals surface area contributed by atoms with Crippen LogP contribution in [0.3, 0.4) is 0 Å². The zero-order valence-electron chi connectivity index (χ0n) is 16.3. The molecule has 27 heavy (non-hydrogen) atoms. The summed E-state index contributed by atoms with van der Waals surface area (Å²) in [6, 6.07) is 14.9. The molecule has 5 heteroatoms. The van der Waals surface area contributed by atoms with E-state index < -0.39 is 17.8 Å². The fourth-order valence-corrected chi connectivity index (χ4v) is 3.36. The number of hydrogen-bond acceptors (Lipinski definition) is 5. The highest BCUT2D eigenvalue weighted by Crippen LogP contribution is 2.44. The van der Waals surface area contributed by atoms with Crippen molar-refractivity contribution in [2.45, 2.75) is 45.5 Å². The van der Waals surface area contributed by atoms with Crippen LogP contribution in [0.25, 0.3) is 0 Å². The normalized spacial score (nSPS) is 20.3. The Hall–Kier alpha value is -2.53. The fraction of sp³-hybridized carbons (Fsp3) is 0.409. The molecule has 0 bridgehead atoms. The number of esters is 1. The second-order valence-corrected chi connectivity index (χ2v) is 7.06. The van der Waals surface area contributed by atoms with E-state index in [9.17, 15) is 4.79 Å². The van der Waals surface area contributed by atoms with Gasteiger partial charge in [0, 0.05) is 24.4 Å². The van der Waals surface area contributed by atoms with Crippen molar-refractivity contribution >= 4 is 11.7 Å². The van der Waals surface area contributed by atoms with E-state index in [2.05, 4.69) is 5.32 Å². The second-order valence-electron chi connectivity index (χ2n) is 7.06. The van der Waals surface area contributed by atoms with Crippen LogP contribution in [0, 0.1) is 0 Å². The molecular formula is C22H27NO4. The van der Waals surface area contributed by atoms with Gasteiger partial charge < -0.3 is 19.5 Å². The number of benzene rings is 2. The first-order valence-electron chi connectivity index (χ1n) is 9.40. The van der Waals surface area contributed by atoms with Crippen LogP contribution in [0.2, 0.25) is 0 Å². The molecule has 1 aliphatic heterocycles. The molecule has 0 saturated carbocycles. The van der Waals surface area contributed by atoms with E-state index in [1.165, 1.54) is 0 Å². The van der Waals surface area contributed by atoms with Gasteiger partial charge in [-0.3, -0.25) is 0 Å². The fourth-order valence-electron chi connectivity index (χ4n) is 3.36. The third-order valence-electron chi connectivity index (χ3n) is 4.62. The highest BCUT2D eigenvalue weighted by atomic mass is 16.6. The monoisotopic (exact) mass is 369 g/mol. The minimum atomic E-state index is -0.725. The summed E-state index contributed by atoms with van der Waals surface area (Å²) in [5.41, 5.74) is 1.66. The number of nitrogens with one attached hydrogen (secondary N) is 1. The van der Waals surface area contributed by atoms with Crippen molar-refractivity contribution < 1.29 is 19.0 Å². The van der Waals surface area contributed by atoms with Gasteiger partial charge in [-0.2, -0.15) is 0 Å². The van der Waals surface area contributed by atoms with Crippen molar-refractivity contribution in [1.29, 1.82) is 0 Å². The number of hydrogen-bond donors (Lipinski definition) is 1. The van der Waals surface area contributed by atoms with Crippen LogP contribution in [-0.4, -0.2) is 30.8 Å². The Labute approximate surface area is 160 Å². The van der Waals surface area contributed by atoms with Crippen LogP contribution in [-0.2, 0) is 9.47 Å². The molecule has 2 aromatic rings. The molecule has 1 aliphatic rings. The SMILES string of the molecule is CCNc1ccc2c(c1)C(OCC)C(OC(=O)c1ccccc1)C(C)(C)O2. The summed E-state index contributed by atoms with van der Waals surface area (Å²) >= 11 is 0. The van der Waals surface area contributed by atoms with E-state index in [0.717, 1.165) is 23.5 Å².